The number of nitrogens with zero attached hydrogens (tertiary/aromatic N) is 1. The summed E-state index contributed by atoms with van der Waals surface area (Å²) in [5.41, 5.74) is 2.50. The monoisotopic (exact) mass is 234 g/mol. The Morgan fingerprint density at radius 3 is 2.47 bits per heavy atom. The van der Waals surface area contributed by atoms with Crippen molar-refractivity contribution >= 4 is 5.84 Å². The van der Waals surface area contributed by atoms with Gasteiger partial charge in [-0.05, 0) is 43.4 Å². The lowest BCUT2D eigenvalue weighted by atomic mass is 10.0. The Hall–Kier alpha value is -1.38. The minimum absolute atomic E-state index is 0.109. The standard InChI is InChI=1S/C14H19FN2/c1-10-7-12(8-11(2)14(10)15)9-17-6-4-3-5-13(17)16/h7-8,16H,3-6,9H2,1-2H3. The predicted molar refractivity (Wildman–Crippen MR) is 67.9 cm³/mol. The maximum absolute atomic E-state index is 13.5. The van der Waals surface area contributed by atoms with E-state index in [0.29, 0.717) is 11.1 Å². The van der Waals surface area contributed by atoms with Crippen LogP contribution in [0.3, 0.4) is 0 Å². The van der Waals surface area contributed by atoms with Gasteiger partial charge >= 0.3 is 0 Å². The second-order valence-electron chi connectivity index (χ2n) is 4.87. The normalized spacial score (nSPS) is 16.4. The zero-order valence-corrected chi connectivity index (χ0v) is 10.5. The lowest BCUT2D eigenvalue weighted by Crippen LogP contribution is -2.34. The molecule has 1 aromatic carbocycles. The molecule has 0 amide bonds. The molecule has 0 unspecified atom stereocenters. The first kappa shape index (κ1) is 12.1. The van der Waals surface area contributed by atoms with Gasteiger partial charge in [0.15, 0.2) is 0 Å². The highest BCUT2D eigenvalue weighted by atomic mass is 19.1. The fourth-order valence-electron chi connectivity index (χ4n) is 2.41. The molecule has 0 bridgehead atoms. The number of aryl methyl sites for hydroxylation is 2. The molecule has 1 aromatic rings. The van der Waals surface area contributed by atoms with Crippen molar-refractivity contribution in [1.82, 2.24) is 4.90 Å². The second kappa shape index (κ2) is 4.86. The van der Waals surface area contributed by atoms with Crippen LogP contribution < -0.4 is 0 Å². The number of amidine groups is 1. The van der Waals surface area contributed by atoms with Crippen LogP contribution >= 0.6 is 0 Å². The topological polar surface area (TPSA) is 27.1 Å². The molecule has 1 saturated heterocycles. The van der Waals surface area contributed by atoms with E-state index in [4.69, 9.17) is 5.41 Å². The van der Waals surface area contributed by atoms with Crippen LogP contribution in [0.25, 0.3) is 0 Å². The van der Waals surface area contributed by atoms with Crippen molar-refractivity contribution in [3.8, 4) is 0 Å². The van der Waals surface area contributed by atoms with Gasteiger partial charge in [-0.2, -0.15) is 0 Å². The SMILES string of the molecule is Cc1cc(CN2CCCCC2=N)cc(C)c1F. The average Bonchev–Trinajstić information content (AvgIpc) is 2.29. The smallest absolute Gasteiger partial charge is 0.129 e. The summed E-state index contributed by atoms with van der Waals surface area (Å²) in [6, 6.07) is 3.79. The van der Waals surface area contributed by atoms with E-state index in [0.717, 1.165) is 43.8 Å². The second-order valence-corrected chi connectivity index (χ2v) is 4.87. The number of benzene rings is 1. The number of hydrogen-bond acceptors (Lipinski definition) is 1. The van der Waals surface area contributed by atoms with Gasteiger partial charge in [0.05, 0.1) is 5.84 Å². The number of piperidine rings is 1. The van der Waals surface area contributed by atoms with E-state index in [2.05, 4.69) is 4.90 Å². The van der Waals surface area contributed by atoms with E-state index in [1.165, 1.54) is 0 Å². The fourth-order valence-corrected chi connectivity index (χ4v) is 2.41. The fraction of sp³-hybridized carbons (Fsp3) is 0.500. The van der Waals surface area contributed by atoms with Crippen molar-refractivity contribution < 1.29 is 4.39 Å². The van der Waals surface area contributed by atoms with Crippen molar-refractivity contribution in [2.75, 3.05) is 6.54 Å². The zero-order chi connectivity index (χ0) is 12.4. The van der Waals surface area contributed by atoms with Crippen LogP contribution in [0.4, 0.5) is 4.39 Å². The largest absolute Gasteiger partial charge is 0.356 e. The number of likely N-dealkylation sites (tertiary alicyclic amines) is 1. The van der Waals surface area contributed by atoms with Gasteiger partial charge < -0.3 is 4.90 Å². The van der Waals surface area contributed by atoms with Gasteiger partial charge in [-0.25, -0.2) is 4.39 Å². The summed E-state index contributed by atoms with van der Waals surface area (Å²) in [4.78, 5) is 2.09. The third-order valence-electron chi connectivity index (χ3n) is 3.34. The Bertz CT molecular complexity index is 417. The number of halogens is 1. The highest BCUT2D eigenvalue weighted by Gasteiger charge is 2.15. The van der Waals surface area contributed by atoms with Gasteiger partial charge in [0, 0.05) is 19.5 Å². The molecule has 0 spiro atoms. The Morgan fingerprint density at radius 1 is 1.24 bits per heavy atom. The van der Waals surface area contributed by atoms with E-state index >= 15 is 0 Å². The molecule has 0 atom stereocenters. The van der Waals surface area contributed by atoms with Gasteiger partial charge in [0.2, 0.25) is 0 Å². The van der Waals surface area contributed by atoms with Gasteiger partial charge in [0.25, 0.3) is 0 Å². The third-order valence-corrected chi connectivity index (χ3v) is 3.34. The summed E-state index contributed by atoms with van der Waals surface area (Å²) in [6.45, 7) is 5.29. The highest BCUT2D eigenvalue weighted by Crippen LogP contribution is 2.19. The van der Waals surface area contributed by atoms with E-state index in [-0.39, 0.29) is 5.82 Å². The van der Waals surface area contributed by atoms with E-state index in [9.17, 15) is 4.39 Å². The Balaban J connectivity index is 2.15. The van der Waals surface area contributed by atoms with Crippen LogP contribution in [0.5, 0.6) is 0 Å². The Morgan fingerprint density at radius 2 is 1.88 bits per heavy atom. The summed E-state index contributed by atoms with van der Waals surface area (Å²) in [5.74, 6) is 0.610. The molecule has 0 aromatic heterocycles. The minimum Gasteiger partial charge on any atom is -0.356 e. The maximum Gasteiger partial charge on any atom is 0.129 e. The molecule has 0 radical (unpaired) electrons. The average molecular weight is 234 g/mol. The summed E-state index contributed by atoms with van der Waals surface area (Å²) >= 11 is 0. The molecule has 1 heterocycles. The molecule has 1 aliphatic rings. The van der Waals surface area contributed by atoms with Gasteiger partial charge in [-0.1, -0.05) is 12.1 Å². The molecule has 2 rings (SSSR count). The third kappa shape index (κ3) is 2.65. The van der Waals surface area contributed by atoms with E-state index < -0.39 is 0 Å². The minimum atomic E-state index is -0.109. The van der Waals surface area contributed by atoms with Crippen molar-refractivity contribution in [2.45, 2.75) is 39.7 Å². The quantitative estimate of drug-likeness (QED) is 0.834. The first-order chi connectivity index (χ1) is 8.08. The van der Waals surface area contributed by atoms with Crippen LogP contribution in [0, 0.1) is 25.1 Å². The lowest BCUT2D eigenvalue weighted by molar-refractivity contribution is 0.361. The first-order valence-corrected chi connectivity index (χ1v) is 6.16. The first-order valence-electron chi connectivity index (χ1n) is 6.16. The van der Waals surface area contributed by atoms with Crippen molar-refractivity contribution in [2.24, 2.45) is 0 Å². The van der Waals surface area contributed by atoms with Crippen molar-refractivity contribution in [3.05, 3.63) is 34.6 Å². The van der Waals surface area contributed by atoms with Crippen LogP contribution in [0.15, 0.2) is 12.1 Å². The van der Waals surface area contributed by atoms with Crippen LogP contribution in [-0.2, 0) is 6.54 Å². The Kier molecular flexibility index (Phi) is 3.46. The van der Waals surface area contributed by atoms with Crippen LogP contribution in [0.2, 0.25) is 0 Å². The van der Waals surface area contributed by atoms with Crippen LogP contribution in [0.1, 0.15) is 36.0 Å². The summed E-state index contributed by atoms with van der Waals surface area (Å²) < 4.78 is 13.5. The molecule has 2 nitrogen and oxygen atoms in total. The molecule has 1 aliphatic heterocycles. The molecule has 1 N–H and O–H groups in total. The maximum atomic E-state index is 13.5. The predicted octanol–water partition coefficient (Wildman–Crippen LogP) is 3.41. The molecule has 1 fully saturated rings. The van der Waals surface area contributed by atoms with Gasteiger partial charge in [-0.15, -0.1) is 0 Å². The summed E-state index contributed by atoms with van der Waals surface area (Å²) in [6.07, 6.45) is 3.15. The summed E-state index contributed by atoms with van der Waals surface area (Å²) in [7, 11) is 0. The molecular formula is C14H19FN2. The van der Waals surface area contributed by atoms with E-state index in [1.807, 2.05) is 12.1 Å². The van der Waals surface area contributed by atoms with Crippen molar-refractivity contribution in [1.29, 1.82) is 5.41 Å². The number of hydrogen-bond donors (Lipinski definition) is 1. The summed E-state index contributed by atoms with van der Waals surface area (Å²) in [5, 5.41) is 7.90. The Labute approximate surface area is 102 Å². The zero-order valence-electron chi connectivity index (χ0n) is 10.5. The van der Waals surface area contributed by atoms with Crippen molar-refractivity contribution in [3.63, 3.8) is 0 Å². The number of rotatable bonds is 2. The number of nitrogens with one attached hydrogen (secondary N) is 1. The molecule has 0 aliphatic carbocycles. The van der Waals surface area contributed by atoms with Gasteiger partial charge in [0.1, 0.15) is 5.82 Å². The molecule has 92 valence electrons. The lowest BCUT2D eigenvalue weighted by Gasteiger charge is -2.29. The van der Waals surface area contributed by atoms with E-state index in [1.54, 1.807) is 13.8 Å². The molecule has 3 heteroatoms. The highest BCUT2D eigenvalue weighted by molar-refractivity contribution is 5.79. The molecule has 17 heavy (non-hydrogen) atoms. The van der Waals surface area contributed by atoms with Gasteiger partial charge in [-0.3, -0.25) is 5.41 Å². The molecule has 0 saturated carbocycles. The van der Waals surface area contributed by atoms with Crippen LogP contribution in [-0.4, -0.2) is 17.3 Å². The molecular weight excluding hydrogens is 215 g/mol.